The van der Waals surface area contributed by atoms with Crippen LogP contribution in [0.15, 0.2) is 18.2 Å². The van der Waals surface area contributed by atoms with Crippen LogP contribution >= 0.6 is 11.6 Å². The summed E-state index contributed by atoms with van der Waals surface area (Å²) >= 11 is 5.62. The second-order valence-electron chi connectivity index (χ2n) is 8.04. The molecule has 0 aromatic heterocycles. The van der Waals surface area contributed by atoms with Gasteiger partial charge in [-0.1, -0.05) is 18.5 Å². The zero-order valence-electron chi connectivity index (χ0n) is 15.7. The van der Waals surface area contributed by atoms with Gasteiger partial charge in [0.05, 0.1) is 5.02 Å². The van der Waals surface area contributed by atoms with E-state index in [2.05, 4.69) is 16.1 Å². The van der Waals surface area contributed by atoms with Gasteiger partial charge in [-0.15, -0.1) is 0 Å². The maximum atomic E-state index is 13.4. The van der Waals surface area contributed by atoms with Crippen molar-refractivity contribution < 1.29 is 18.7 Å². The molecule has 3 aliphatic carbocycles. The molecule has 1 unspecified atom stereocenters. The van der Waals surface area contributed by atoms with E-state index in [9.17, 15) is 14.0 Å². The van der Waals surface area contributed by atoms with Gasteiger partial charge in [0.15, 0.2) is 6.61 Å². The summed E-state index contributed by atoms with van der Waals surface area (Å²) in [6.07, 6.45) is 3.01. The molecule has 1 saturated heterocycles. The van der Waals surface area contributed by atoms with Gasteiger partial charge in [-0.2, -0.15) is 0 Å². The van der Waals surface area contributed by atoms with Crippen LogP contribution in [0.3, 0.4) is 0 Å². The molecule has 3 N–H and O–H groups in total. The fraction of sp³-hybridized carbons (Fsp3) is 0.579. The van der Waals surface area contributed by atoms with Crippen molar-refractivity contribution in [2.75, 3.05) is 19.7 Å². The number of nitrogens with zero attached hydrogens (tertiary/aromatic N) is 1. The Labute approximate surface area is 167 Å². The van der Waals surface area contributed by atoms with E-state index in [4.69, 9.17) is 16.3 Å². The predicted molar refractivity (Wildman–Crippen MR) is 101 cm³/mol. The van der Waals surface area contributed by atoms with Gasteiger partial charge in [-0.05, 0) is 37.8 Å². The Kier molecular flexibility index (Phi) is 4.97. The summed E-state index contributed by atoms with van der Waals surface area (Å²) in [7, 11) is 0. The number of nitrogens with one attached hydrogen (secondary N) is 3. The SMILES string of the molecule is CCN1CCC(C(=O)NC23CC(NC(=O)COc4ccc(Cl)c(F)c4)(C2)C3)N1. The lowest BCUT2D eigenvalue weighted by molar-refractivity contribution is -0.151. The molecule has 2 bridgehead atoms. The summed E-state index contributed by atoms with van der Waals surface area (Å²) in [5.41, 5.74) is 2.77. The van der Waals surface area contributed by atoms with Gasteiger partial charge in [0, 0.05) is 30.2 Å². The van der Waals surface area contributed by atoms with Gasteiger partial charge < -0.3 is 15.4 Å². The number of halogens is 2. The van der Waals surface area contributed by atoms with Crippen LogP contribution in [0.5, 0.6) is 5.75 Å². The van der Waals surface area contributed by atoms with Crippen LogP contribution in [0.2, 0.25) is 5.02 Å². The Bertz CT molecular complexity index is 786. The van der Waals surface area contributed by atoms with Crippen molar-refractivity contribution in [1.29, 1.82) is 0 Å². The fourth-order valence-corrected chi connectivity index (χ4v) is 4.64. The molecule has 4 fully saturated rings. The molecule has 9 heteroatoms. The van der Waals surface area contributed by atoms with Crippen LogP contribution in [-0.4, -0.2) is 53.6 Å². The lowest BCUT2D eigenvalue weighted by Crippen LogP contribution is -2.84. The molecular weight excluding hydrogens is 387 g/mol. The van der Waals surface area contributed by atoms with Crippen molar-refractivity contribution in [3.05, 3.63) is 29.0 Å². The second-order valence-corrected chi connectivity index (χ2v) is 8.45. The lowest BCUT2D eigenvalue weighted by Gasteiger charge is -2.70. The molecule has 7 nitrogen and oxygen atoms in total. The van der Waals surface area contributed by atoms with E-state index in [1.165, 1.54) is 12.1 Å². The quantitative estimate of drug-likeness (QED) is 0.632. The first-order valence-corrected chi connectivity index (χ1v) is 9.92. The fourth-order valence-electron chi connectivity index (χ4n) is 4.52. The van der Waals surface area contributed by atoms with Gasteiger partial charge in [-0.25, -0.2) is 14.8 Å². The topological polar surface area (TPSA) is 82.7 Å². The molecule has 0 spiro atoms. The van der Waals surface area contributed by atoms with E-state index in [1.54, 1.807) is 0 Å². The van der Waals surface area contributed by atoms with Crippen molar-refractivity contribution >= 4 is 23.4 Å². The van der Waals surface area contributed by atoms with E-state index in [0.717, 1.165) is 44.8 Å². The maximum absolute atomic E-state index is 13.4. The Hall–Kier alpha value is -1.90. The van der Waals surface area contributed by atoms with Crippen LogP contribution in [-0.2, 0) is 9.59 Å². The Morgan fingerprint density at radius 2 is 2.04 bits per heavy atom. The average molecular weight is 411 g/mol. The minimum absolute atomic E-state index is 0.00761. The van der Waals surface area contributed by atoms with E-state index in [0.29, 0.717) is 0 Å². The highest BCUT2D eigenvalue weighted by molar-refractivity contribution is 6.30. The highest BCUT2D eigenvalue weighted by atomic mass is 35.5. The van der Waals surface area contributed by atoms with Crippen molar-refractivity contribution in [3.8, 4) is 5.75 Å². The zero-order valence-corrected chi connectivity index (χ0v) is 16.4. The van der Waals surface area contributed by atoms with Gasteiger partial charge >= 0.3 is 0 Å². The Morgan fingerprint density at radius 3 is 2.68 bits per heavy atom. The Morgan fingerprint density at radius 1 is 1.32 bits per heavy atom. The maximum Gasteiger partial charge on any atom is 0.258 e. The summed E-state index contributed by atoms with van der Waals surface area (Å²) in [5, 5.41) is 8.18. The number of benzene rings is 1. The first kappa shape index (κ1) is 19.4. The average Bonchev–Trinajstić information content (AvgIpc) is 3.09. The second kappa shape index (κ2) is 7.17. The summed E-state index contributed by atoms with van der Waals surface area (Å²) in [4.78, 5) is 24.6. The number of rotatable bonds is 7. The number of hydrogen-bond acceptors (Lipinski definition) is 5. The number of amides is 2. The van der Waals surface area contributed by atoms with Crippen molar-refractivity contribution in [2.24, 2.45) is 0 Å². The molecule has 1 aromatic rings. The molecule has 28 heavy (non-hydrogen) atoms. The van der Waals surface area contributed by atoms with Crippen molar-refractivity contribution in [2.45, 2.75) is 49.7 Å². The highest BCUT2D eigenvalue weighted by Gasteiger charge is 2.69. The normalized spacial score (nSPS) is 30.9. The first-order chi connectivity index (χ1) is 13.3. The van der Waals surface area contributed by atoms with Gasteiger partial charge in [0.1, 0.15) is 17.6 Å². The van der Waals surface area contributed by atoms with Crippen molar-refractivity contribution in [3.63, 3.8) is 0 Å². The standard InChI is InChI=1S/C19H24ClFN4O3/c1-2-25-6-5-15(24-25)17(27)23-19-9-18(10-19,11-19)22-16(26)8-28-12-3-4-13(20)14(21)7-12/h3-4,7,15,24H,2,5-6,8-11H2,1H3,(H,22,26)(H,23,27). The third kappa shape index (κ3) is 3.68. The summed E-state index contributed by atoms with van der Waals surface area (Å²) in [5.74, 6) is -0.561. The largest absolute Gasteiger partial charge is 0.484 e. The van der Waals surface area contributed by atoms with Crippen LogP contribution in [0.1, 0.15) is 32.6 Å². The van der Waals surface area contributed by atoms with E-state index in [-0.39, 0.29) is 46.3 Å². The molecule has 152 valence electrons. The molecule has 1 atom stereocenters. The van der Waals surface area contributed by atoms with E-state index < -0.39 is 5.82 Å². The summed E-state index contributed by atoms with van der Waals surface area (Å²) < 4.78 is 18.7. The van der Waals surface area contributed by atoms with Crippen LogP contribution in [0, 0.1) is 5.82 Å². The molecule has 1 heterocycles. The smallest absolute Gasteiger partial charge is 0.258 e. The van der Waals surface area contributed by atoms with E-state index in [1.807, 2.05) is 11.9 Å². The van der Waals surface area contributed by atoms with Crippen LogP contribution in [0.4, 0.5) is 4.39 Å². The van der Waals surface area contributed by atoms with Gasteiger partial charge in [0.25, 0.3) is 5.91 Å². The number of hydrazine groups is 1. The summed E-state index contributed by atoms with van der Waals surface area (Å²) in [6, 6.07) is 3.88. The summed E-state index contributed by atoms with van der Waals surface area (Å²) in [6.45, 7) is 3.60. The first-order valence-electron chi connectivity index (χ1n) is 9.54. The molecule has 1 aliphatic heterocycles. The molecule has 1 aromatic carbocycles. The molecule has 3 saturated carbocycles. The van der Waals surface area contributed by atoms with Crippen LogP contribution < -0.4 is 20.8 Å². The molecule has 0 radical (unpaired) electrons. The predicted octanol–water partition coefficient (Wildman–Crippen LogP) is 1.36. The number of hydrogen-bond donors (Lipinski definition) is 3. The van der Waals surface area contributed by atoms with Crippen molar-refractivity contribution in [1.82, 2.24) is 21.1 Å². The highest BCUT2D eigenvalue weighted by Crippen LogP contribution is 2.60. The molecule has 4 aliphatic rings. The van der Waals surface area contributed by atoms with Gasteiger partial charge in [-0.3, -0.25) is 9.59 Å². The third-order valence-corrected chi connectivity index (χ3v) is 6.12. The van der Waals surface area contributed by atoms with E-state index >= 15 is 0 Å². The monoisotopic (exact) mass is 410 g/mol. The number of carbonyl (C=O) groups is 2. The number of carbonyl (C=O) groups excluding carboxylic acids is 2. The zero-order chi connectivity index (χ0) is 19.9. The molecular formula is C19H24ClFN4O3. The minimum atomic E-state index is -0.588. The Balaban J connectivity index is 1.19. The lowest BCUT2D eigenvalue weighted by atomic mass is 9.44. The van der Waals surface area contributed by atoms with Crippen LogP contribution in [0.25, 0.3) is 0 Å². The number of ether oxygens (including phenoxy) is 1. The molecule has 2 amide bonds. The third-order valence-electron chi connectivity index (χ3n) is 5.81. The minimum Gasteiger partial charge on any atom is -0.484 e. The molecule has 5 rings (SSSR count). The van der Waals surface area contributed by atoms with Gasteiger partial charge in [0.2, 0.25) is 5.91 Å².